The normalized spacial score (nSPS) is 18.2. The van der Waals surface area contributed by atoms with E-state index in [1.807, 2.05) is 6.07 Å². The second kappa shape index (κ2) is 6.94. The van der Waals surface area contributed by atoms with Gasteiger partial charge in [-0.2, -0.15) is 0 Å². The Morgan fingerprint density at radius 3 is 2.55 bits per heavy atom. The minimum absolute atomic E-state index is 0.195. The molecule has 22 heavy (non-hydrogen) atoms. The average molecular weight is 380 g/mol. The Morgan fingerprint density at radius 2 is 1.95 bits per heavy atom. The molecule has 1 aliphatic rings. The number of carbonyl (C=O) groups is 1. The number of rotatable bonds is 4. The molecule has 1 N–H and O–H groups in total. The van der Waals surface area contributed by atoms with Crippen LogP contribution in [0.4, 0.5) is 0 Å². The number of hydrogen-bond acceptors (Lipinski definition) is 3. The van der Waals surface area contributed by atoms with Crippen LogP contribution in [0, 0.1) is 5.92 Å². The van der Waals surface area contributed by atoms with Gasteiger partial charge in [0.2, 0.25) is 0 Å². The molecule has 0 spiro atoms. The third-order valence-corrected chi connectivity index (χ3v) is 5.90. The summed E-state index contributed by atoms with van der Waals surface area (Å²) in [5.74, 6) is -0.854. The van der Waals surface area contributed by atoms with Gasteiger partial charge in [0.1, 0.15) is 0 Å². The van der Waals surface area contributed by atoms with Crippen LogP contribution in [0.5, 0.6) is 0 Å². The van der Waals surface area contributed by atoms with Gasteiger partial charge in [-0.05, 0) is 49.0 Å². The predicted octanol–water partition coefficient (Wildman–Crippen LogP) is 4.40. The molecule has 116 valence electrons. The Labute approximate surface area is 142 Å². The van der Waals surface area contributed by atoms with Gasteiger partial charge >= 0.3 is 5.97 Å². The van der Waals surface area contributed by atoms with Gasteiger partial charge in [0.15, 0.2) is 0 Å². The molecule has 1 aromatic carbocycles. The molecule has 3 nitrogen and oxygen atoms in total. The van der Waals surface area contributed by atoms with Crippen molar-refractivity contribution in [3.63, 3.8) is 0 Å². The standard InChI is InChI=1S/C17H18BrNO2S/c18-14-5-2-1-4-13(14)16(15-6-3-11-22-15)19-9-7-12(8-10-19)17(20)21/h1-6,11-12,16H,7-10H2,(H,20,21). The lowest BCUT2D eigenvalue weighted by molar-refractivity contribution is -0.143. The second-order valence-electron chi connectivity index (χ2n) is 5.59. The smallest absolute Gasteiger partial charge is 0.306 e. The molecule has 1 saturated heterocycles. The number of halogens is 1. The van der Waals surface area contributed by atoms with Crippen LogP contribution in [0.1, 0.15) is 29.3 Å². The summed E-state index contributed by atoms with van der Waals surface area (Å²) in [4.78, 5) is 14.9. The molecule has 0 aliphatic carbocycles. The highest BCUT2D eigenvalue weighted by Gasteiger charge is 2.31. The Kier molecular flexibility index (Phi) is 4.96. The van der Waals surface area contributed by atoms with Crippen molar-refractivity contribution >= 4 is 33.2 Å². The van der Waals surface area contributed by atoms with Crippen molar-refractivity contribution in [3.8, 4) is 0 Å². The summed E-state index contributed by atoms with van der Waals surface area (Å²) >= 11 is 5.42. The number of likely N-dealkylation sites (tertiary alicyclic amines) is 1. The van der Waals surface area contributed by atoms with Gasteiger partial charge in [0.05, 0.1) is 12.0 Å². The van der Waals surface area contributed by atoms with Crippen molar-refractivity contribution in [2.24, 2.45) is 5.92 Å². The van der Waals surface area contributed by atoms with Crippen molar-refractivity contribution in [3.05, 3.63) is 56.7 Å². The van der Waals surface area contributed by atoms with E-state index >= 15 is 0 Å². The molecule has 3 rings (SSSR count). The minimum atomic E-state index is -0.659. The van der Waals surface area contributed by atoms with Gasteiger partial charge < -0.3 is 5.11 Å². The first-order valence-corrected chi connectivity index (χ1v) is 9.09. The van der Waals surface area contributed by atoms with Crippen molar-refractivity contribution in [1.82, 2.24) is 4.90 Å². The summed E-state index contributed by atoms with van der Waals surface area (Å²) < 4.78 is 1.11. The van der Waals surface area contributed by atoms with Gasteiger partial charge in [-0.25, -0.2) is 0 Å². The number of hydrogen-bond donors (Lipinski definition) is 1. The topological polar surface area (TPSA) is 40.5 Å². The summed E-state index contributed by atoms with van der Waals surface area (Å²) in [7, 11) is 0. The highest BCUT2D eigenvalue weighted by atomic mass is 79.9. The van der Waals surface area contributed by atoms with Gasteiger partial charge in [-0.15, -0.1) is 11.3 Å². The molecule has 5 heteroatoms. The Morgan fingerprint density at radius 1 is 1.23 bits per heavy atom. The van der Waals surface area contributed by atoms with Crippen LogP contribution >= 0.6 is 27.3 Å². The van der Waals surface area contributed by atoms with Crippen LogP contribution in [-0.2, 0) is 4.79 Å². The van der Waals surface area contributed by atoms with E-state index in [1.165, 1.54) is 10.4 Å². The average Bonchev–Trinajstić information content (AvgIpc) is 3.04. The van der Waals surface area contributed by atoms with Crippen molar-refractivity contribution < 1.29 is 9.90 Å². The van der Waals surface area contributed by atoms with E-state index in [1.54, 1.807) is 11.3 Å². The molecule has 0 radical (unpaired) electrons. The molecule has 1 aliphatic heterocycles. The number of carboxylic acids is 1. The van der Waals surface area contributed by atoms with E-state index < -0.39 is 5.97 Å². The van der Waals surface area contributed by atoms with Gasteiger partial charge in [-0.3, -0.25) is 9.69 Å². The maximum Gasteiger partial charge on any atom is 0.306 e. The van der Waals surface area contributed by atoms with E-state index in [0.717, 1.165) is 30.4 Å². The summed E-state index contributed by atoms with van der Waals surface area (Å²) in [6.07, 6.45) is 1.45. The molecular weight excluding hydrogens is 362 g/mol. The summed E-state index contributed by atoms with van der Waals surface area (Å²) in [5, 5.41) is 11.3. The van der Waals surface area contributed by atoms with E-state index in [9.17, 15) is 9.90 Å². The van der Waals surface area contributed by atoms with Crippen LogP contribution in [-0.4, -0.2) is 29.1 Å². The highest BCUT2D eigenvalue weighted by Crippen LogP contribution is 2.37. The lowest BCUT2D eigenvalue weighted by Crippen LogP contribution is -2.39. The summed E-state index contributed by atoms with van der Waals surface area (Å²) in [6, 6.07) is 12.7. The van der Waals surface area contributed by atoms with E-state index in [-0.39, 0.29) is 12.0 Å². The summed E-state index contributed by atoms with van der Waals surface area (Å²) in [5.41, 5.74) is 1.25. The first kappa shape index (κ1) is 15.7. The van der Waals surface area contributed by atoms with E-state index in [4.69, 9.17) is 0 Å². The number of carboxylic acid groups (broad SMARTS) is 1. The predicted molar refractivity (Wildman–Crippen MR) is 92.2 cm³/mol. The maximum absolute atomic E-state index is 11.2. The van der Waals surface area contributed by atoms with Crippen LogP contribution in [0.25, 0.3) is 0 Å². The van der Waals surface area contributed by atoms with Crippen molar-refractivity contribution in [1.29, 1.82) is 0 Å². The molecule has 0 amide bonds. The maximum atomic E-state index is 11.2. The largest absolute Gasteiger partial charge is 0.481 e. The van der Waals surface area contributed by atoms with Crippen molar-refractivity contribution in [2.45, 2.75) is 18.9 Å². The molecule has 2 aromatic rings. The van der Waals surface area contributed by atoms with Crippen molar-refractivity contribution in [2.75, 3.05) is 13.1 Å². The van der Waals surface area contributed by atoms with Crippen LogP contribution in [0.3, 0.4) is 0 Å². The zero-order valence-corrected chi connectivity index (χ0v) is 14.5. The first-order chi connectivity index (χ1) is 10.7. The lowest BCUT2D eigenvalue weighted by Gasteiger charge is -2.36. The van der Waals surface area contributed by atoms with Gasteiger partial charge in [-0.1, -0.05) is 40.2 Å². The van der Waals surface area contributed by atoms with Crippen LogP contribution in [0.15, 0.2) is 46.3 Å². The molecule has 0 bridgehead atoms. The number of aliphatic carboxylic acids is 1. The zero-order valence-electron chi connectivity index (χ0n) is 12.1. The van der Waals surface area contributed by atoms with Gasteiger partial charge in [0.25, 0.3) is 0 Å². The van der Waals surface area contributed by atoms with Crippen LogP contribution in [0.2, 0.25) is 0 Å². The van der Waals surface area contributed by atoms with Gasteiger partial charge in [0, 0.05) is 9.35 Å². The molecule has 1 fully saturated rings. The zero-order chi connectivity index (χ0) is 15.5. The lowest BCUT2D eigenvalue weighted by atomic mass is 9.94. The Balaban J connectivity index is 1.88. The molecule has 0 saturated carbocycles. The number of thiophene rings is 1. The fourth-order valence-corrected chi connectivity index (χ4v) is 4.46. The third-order valence-electron chi connectivity index (χ3n) is 4.26. The molecular formula is C17H18BrNO2S. The second-order valence-corrected chi connectivity index (χ2v) is 7.42. The number of piperidine rings is 1. The fraction of sp³-hybridized carbons (Fsp3) is 0.353. The molecule has 2 heterocycles. The SMILES string of the molecule is O=C(O)C1CCN(C(c2cccs2)c2ccccc2Br)CC1. The van der Waals surface area contributed by atoms with E-state index in [0.29, 0.717) is 0 Å². The number of nitrogens with zero attached hydrogens (tertiary/aromatic N) is 1. The van der Waals surface area contributed by atoms with Crippen LogP contribution < -0.4 is 0 Å². The number of benzene rings is 1. The monoisotopic (exact) mass is 379 g/mol. The van der Waals surface area contributed by atoms with E-state index in [2.05, 4.69) is 56.5 Å². The highest BCUT2D eigenvalue weighted by molar-refractivity contribution is 9.10. The summed E-state index contributed by atoms with van der Waals surface area (Å²) in [6.45, 7) is 1.64. The Bertz CT molecular complexity index is 636. The minimum Gasteiger partial charge on any atom is -0.481 e. The third kappa shape index (κ3) is 3.26. The quantitative estimate of drug-likeness (QED) is 0.855. The molecule has 1 unspecified atom stereocenters. The molecule has 1 aromatic heterocycles. The Hall–Kier alpha value is -1.17. The first-order valence-electron chi connectivity index (χ1n) is 7.41. The molecule has 1 atom stereocenters. The fourth-order valence-electron chi connectivity index (χ4n) is 3.08.